The van der Waals surface area contributed by atoms with Crippen LogP contribution in [0.15, 0.2) is 36.4 Å². The van der Waals surface area contributed by atoms with Crippen molar-refractivity contribution in [2.45, 2.75) is 19.9 Å². The van der Waals surface area contributed by atoms with Crippen molar-refractivity contribution < 1.29 is 14.6 Å². The van der Waals surface area contributed by atoms with E-state index < -0.39 is 5.97 Å². The van der Waals surface area contributed by atoms with Gasteiger partial charge in [-0.15, -0.1) is 0 Å². The maximum Gasteiger partial charge on any atom is 0.352 e. The van der Waals surface area contributed by atoms with Gasteiger partial charge < -0.3 is 14.4 Å². The molecule has 0 unspecified atom stereocenters. The molecule has 0 aliphatic rings. The number of methoxy groups -OCH3 is 1. The predicted octanol–water partition coefficient (Wildman–Crippen LogP) is 3.44. The molecule has 1 aromatic carbocycles. The lowest BCUT2D eigenvalue weighted by Gasteiger charge is -2.16. The predicted molar refractivity (Wildman–Crippen MR) is 73.8 cm³/mol. The molecule has 0 saturated carbocycles. The number of carbonyl (C=O) groups is 1. The molecule has 1 heterocycles. The summed E-state index contributed by atoms with van der Waals surface area (Å²) < 4.78 is 7.02. The van der Waals surface area contributed by atoms with Crippen LogP contribution in [0.5, 0.6) is 5.75 Å². The molecule has 0 aliphatic heterocycles. The van der Waals surface area contributed by atoms with Crippen LogP contribution in [-0.4, -0.2) is 22.8 Å². The highest BCUT2D eigenvalue weighted by Gasteiger charge is 2.17. The third-order valence-electron chi connectivity index (χ3n) is 3.02. The first-order valence-electron chi connectivity index (χ1n) is 6.13. The van der Waals surface area contributed by atoms with Crippen molar-refractivity contribution >= 4 is 5.97 Å². The van der Waals surface area contributed by atoms with Gasteiger partial charge in [-0.3, -0.25) is 0 Å². The minimum Gasteiger partial charge on any atom is -0.497 e. The zero-order valence-corrected chi connectivity index (χ0v) is 11.3. The lowest BCUT2D eigenvalue weighted by Crippen LogP contribution is -2.11. The van der Waals surface area contributed by atoms with Crippen molar-refractivity contribution in [3.05, 3.63) is 42.1 Å². The molecule has 19 heavy (non-hydrogen) atoms. The molecule has 1 N–H and O–H groups in total. The van der Waals surface area contributed by atoms with Crippen molar-refractivity contribution in [1.29, 1.82) is 0 Å². The van der Waals surface area contributed by atoms with Gasteiger partial charge in [0.15, 0.2) is 0 Å². The van der Waals surface area contributed by atoms with E-state index in [2.05, 4.69) is 0 Å². The Kier molecular flexibility index (Phi) is 3.60. The average Bonchev–Trinajstić information content (AvgIpc) is 2.83. The van der Waals surface area contributed by atoms with Gasteiger partial charge in [0, 0.05) is 17.3 Å². The number of carboxylic acid groups (broad SMARTS) is 1. The number of nitrogens with zero attached hydrogens (tertiary/aromatic N) is 1. The number of hydrogen-bond donors (Lipinski definition) is 1. The summed E-state index contributed by atoms with van der Waals surface area (Å²) >= 11 is 0. The summed E-state index contributed by atoms with van der Waals surface area (Å²) in [6, 6.07) is 11.1. The number of ether oxygens (including phenoxy) is 1. The minimum absolute atomic E-state index is 0.0716. The number of aromatic carboxylic acids is 1. The van der Waals surface area contributed by atoms with Gasteiger partial charge in [-0.2, -0.15) is 0 Å². The topological polar surface area (TPSA) is 51.5 Å². The fourth-order valence-electron chi connectivity index (χ4n) is 2.20. The van der Waals surface area contributed by atoms with Gasteiger partial charge in [-0.25, -0.2) is 4.79 Å². The molecule has 4 heteroatoms. The molecule has 100 valence electrons. The summed E-state index contributed by atoms with van der Waals surface area (Å²) in [7, 11) is 1.61. The first-order chi connectivity index (χ1) is 9.04. The molecule has 0 aliphatic carbocycles. The van der Waals surface area contributed by atoms with Crippen LogP contribution < -0.4 is 4.74 Å². The van der Waals surface area contributed by atoms with Crippen molar-refractivity contribution in [2.75, 3.05) is 7.11 Å². The highest BCUT2D eigenvalue weighted by atomic mass is 16.5. The maximum atomic E-state index is 11.2. The highest BCUT2D eigenvalue weighted by molar-refractivity contribution is 5.87. The molecule has 0 amide bonds. The first-order valence-corrected chi connectivity index (χ1v) is 6.13. The van der Waals surface area contributed by atoms with Crippen LogP contribution in [0.25, 0.3) is 11.3 Å². The van der Waals surface area contributed by atoms with Gasteiger partial charge in [0.1, 0.15) is 11.4 Å². The van der Waals surface area contributed by atoms with Crippen LogP contribution in [0.2, 0.25) is 0 Å². The molecule has 2 rings (SSSR count). The highest BCUT2D eigenvalue weighted by Crippen LogP contribution is 2.28. The van der Waals surface area contributed by atoms with E-state index in [-0.39, 0.29) is 6.04 Å². The van der Waals surface area contributed by atoms with E-state index in [1.54, 1.807) is 13.2 Å². The van der Waals surface area contributed by atoms with Gasteiger partial charge in [-0.1, -0.05) is 12.1 Å². The second kappa shape index (κ2) is 5.18. The lowest BCUT2D eigenvalue weighted by atomic mass is 10.1. The SMILES string of the molecule is COc1cccc(-c2ccc(C(=O)O)n2C(C)C)c1. The molecule has 0 fully saturated rings. The Balaban J connectivity index is 2.58. The Morgan fingerprint density at radius 2 is 2.00 bits per heavy atom. The van der Waals surface area contributed by atoms with Gasteiger partial charge in [-0.05, 0) is 38.1 Å². The zero-order chi connectivity index (χ0) is 14.0. The molecular formula is C15H17NO3. The van der Waals surface area contributed by atoms with Gasteiger partial charge in [0.05, 0.1) is 7.11 Å². The Morgan fingerprint density at radius 1 is 1.26 bits per heavy atom. The number of hydrogen-bond acceptors (Lipinski definition) is 2. The van der Waals surface area contributed by atoms with E-state index in [1.165, 1.54) is 0 Å². The van der Waals surface area contributed by atoms with E-state index in [9.17, 15) is 9.90 Å². The summed E-state index contributed by atoms with van der Waals surface area (Å²) in [5.74, 6) is -0.159. The summed E-state index contributed by atoms with van der Waals surface area (Å²) in [6.07, 6.45) is 0. The van der Waals surface area contributed by atoms with E-state index in [1.807, 2.05) is 48.7 Å². The van der Waals surface area contributed by atoms with Crippen LogP contribution in [0.3, 0.4) is 0 Å². The van der Waals surface area contributed by atoms with Crippen molar-refractivity contribution in [1.82, 2.24) is 4.57 Å². The standard InChI is InChI=1S/C15H17NO3/c1-10(2)16-13(7-8-14(16)15(17)18)11-5-4-6-12(9-11)19-3/h4-10H,1-3H3,(H,17,18). The molecule has 4 nitrogen and oxygen atoms in total. The van der Waals surface area contributed by atoms with Crippen LogP contribution >= 0.6 is 0 Å². The molecule has 0 radical (unpaired) electrons. The van der Waals surface area contributed by atoms with Gasteiger partial charge in [0.2, 0.25) is 0 Å². The summed E-state index contributed by atoms with van der Waals surface area (Å²) in [5, 5.41) is 9.23. The molecule has 2 aromatic rings. The van der Waals surface area contributed by atoms with Crippen molar-refractivity contribution in [3.63, 3.8) is 0 Å². The quantitative estimate of drug-likeness (QED) is 0.915. The van der Waals surface area contributed by atoms with Gasteiger partial charge >= 0.3 is 5.97 Å². The minimum atomic E-state index is -0.914. The van der Waals surface area contributed by atoms with E-state index in [4.69, 9.17) is 4.74 Å². The molecule has 0 atom stereocenters. The molecule has 0 bridgehead atoms. The third-order valence-corrected chi connectivity index (χ3v) is 3.02. The first kappa shape index (κ1) is 13.2. The number of rotatable bonds is 4. The van der Waals surface area contributed by atoms with E-state index in [0.717, 1.165) is 17.0 Å². The molecule has 1 aromatic heterocycles. The zero-order valence-electron chi connectivity index (χ0n) is 11.3. The largest absolute Gasteiger partial charge is 0.497 e. The van der Waals surface area contributed by atoms with Crippen LogP contribution in [0, 0.1) is 0 Å². The summed E-state index contributed by atoms with van der Waals surface area (Å²) in [4.78, 5) is 11.2. The lowest BCUT2D eigenvalue weighted by molar-refractivity contribution is 0.0683. The summed E-state index contributed by atoms with van der Waals surface area (Å²) in [5.41, 5.74) is 2.12. The number of benzene rings is 1. The van der Waals surface area contributed by atoms with Crippen molar-refractivity contribution in [3.8, 4) is 17.0 Å². The Bertz CT molecular complexity index is 599. The number of carboxylic acids is 1. The monoisotopic (exact) mass is 259 g/mol. The van der Waals surface area contributed by atoms with E-state index >= 15 is 0 Å². The van der Waals surface area contributed by atoms with E-state index in [0.29, 0.717) is 5.69 Å². The second-order valence-corrected chi connectivity index (χ2v) is 4.60. The normalized spacial score (nSPS) is 10.7. The van der Waals surface area contributed by atoms with Crippen LogP contribution in [0.1, 0.15) is 30.4 Å². The fraction of sp³-hybridized carbons (Fsp3) is 0.267. The van der Waals surface area contributed by atoms with Gasteiger partial charge in [0.25, 0.3) is 0 Å². The Morgan fingerprint density at radius 3 is 2.58 bits per heavy atom. The van der Waals surface area contributed by atoms with Crippen molar-refractivity contribution in [2.24, 2.45) is 0 Å². The Hall–Kier alpha value is -2.23. The summed E-state index contributed by atoms with van der Waals surface area (Å²) in [6.45, 7) is 3.94. The molecular weight excluding hydrogens is 242 g/mol. The Labute approximate surface area is 112 Å². The molecule has 0 spiro atoms. The van der Waals surface area contributed by atoms with Crippen LogP contribution in [-0.2, 0) is 0 Å². The fourth-order valence-corrected chi connectivity index (χ4v) is 2.20. The smallest absolute Gasteiger partial charge is 0.352 e. The molecule has 0 saturated heterocycles. The average molecular weight is 259 g/mol. The third kappa shape index (κ3) is 2.47. The second-order valence-electron chi connectivity index (χ2n) is 4.60. The number of aromatic nitrogens is 1. The van der Waals surface area contributed by atoms with Crippen LogP contribution in [0.4, 0.5) is 0 Å². The maximum absolute atomic E-state index is 11.2.